The number of amides is 1. The molecule has 0 aliphatic rings. The Morgan fingerprint density at radius 1 is 1.25 bits per heavy atom. The van der Waals surface area contributed by atoms with E-state index in [0.717, 1.165) is 10.0 Å². The molecular formula is C18H13BrFN5O3. The summed E-state index contributed by atoms with van der Waals surface area (Å²) in [5.41, 5.74) is 2.83. The molecule has 0 unspecified atom stereocenters. The van der Waals surface area contributed by atoms with E-state index in [0.29, 0.717) is 5.56 Å². The van der Waals surface area contributed by atoms with E-state index in [1.807, 2.05) is 24.3 Å². The standard InChI is InChI=1S/C18H13BrFN5O3/c19-14-5-1-13(2-6-14)10-24-11-16(25(27)28)17(23-24)18(26)22-21-9-12-3-7-15(20)8-4-12/h1-9,11H,10H2,(H,22,26). The number of nitrogens with zero attached hydrogens (tertiary/aromatic N) is 4. The number of hydrogen-bond donors (Lipinski definition) is 1. The van der Waals surface area contributed by atoms with Gasteiger partial charge in [0, 0.05) is 4.47 Å². The fourth-order valence-corrected chi connectivity index (χ4v) is 2.60. The van der Waals surface area contributed by atoms with E-state index in [1.165, 1.54) is 41.4 Å². The normalized spacial score (nSPS) is 10.9. The largest absolute Gasteiger partial charge is 0.320 e. The number of benzene rings is 2. The third-order valence-corrected chi connectivity index (χ3v) is 4.19. The Morgan fingerprint density at radius 2 is 1.93 bits per heavy atom. The molecule has 0 saturated heterocycles. The van der Waals surface area contributed by atoms with Gasteiger partial charge in [-0.15, -0.1) is 0 Å². The van der Waals surface area contributed by atoms with Gasteiger partial charge in [0.25, 0.3) is 5.91 Å². The number of rotatable bonds is 6. The van der Waals surface area contributed by atoms with Crippen LogP contribution >= 0.6 is 15.9 Å². The van der Waals surface area contributed by atoms with Gasteiger partial charge in [-0.25, -0.2) is 9.82 Å². The lowest BCUT2D eigenvalue weighted by Gasteiger charge is -2.01. The Kier molecular flexibility index (Phi) is 5.90. The van der Waals surface area contributed by atoms with Gasteiger partial charge < -0.3 is 0 Å². The molecule has 8 nitrogen and oxygen atoms in total. The maximum Gasteiger partial charge on any atom is 0.320 e. The first-order valence-corrected chi connectivity index (χ1v) is 8.77. The molecule has 0 bridgehead atoms. The van der Waals surface area contributed by atoms with E-state index >= 15 is 0 Å². The lowest BCUT2D eigenvalue weighted by molar-refractivity contribution is -0.385. The van der Waals surface area contributed by atoms with E-state index in [4.69, 9.17) is 0 Å². The van der Waals surface area contributed by atoms with Crippen molar-refractivity contribution in [3.63, 3.8) is 0 Å². The van der Waals surface area contributed by atoms with Crippen molar-refractivity contribution in [1.82, 2.24) is 15.2 Å². The van der Waals surface area contributed by atoms with E-state index < -0.39 is 22.3 Å². The number of halogens is 2. The van der Waals surface area contributed by atoms with Crippen LogP contribution in [0.25, 0.3) is 0 Å². The zero-order chi connectivity index (χ0) is 20.1. The van der Waals surface area contributed by atoms with E-state index in [1.54, 1.807) is 0 Å². The monoisotopic (exact) mass is 445 g/mol. The highest BCUT2D eigenvalue weighted by atomic mass is 79.9. The summed E-state index contributed by atoms with van der Waals surface area (Å²) >= 11 is 3.33. The minimum atomic E-state index is -0.820. The Morgan fingerprint density at radius 3 is 2.57 bits per heavy atom. The van der Waals surface area contributed by atoms with Gasteiger partial charge in [-0.05, 0) is 35.4 Å². The van der Waals surface area contributed by atoms with Crippen LogP contribution < -0.4 is 5.43 Å². The Bertz CT molecular complexity index is 1030. The summed E-state index contributed by atoms with van der Waals surface area (Å²) in [6.07, 6.45) is 2.49. The van der Waals surface area contributed by atoms with E-state index in [2.05, 4.69) is 31.6 Å². The highest BCUT2D eigenvalue weighted by molar-refractivity contribution is 9.10. The molecule has 0 aliphatic heterocycles. The zero-order valence-electron chi connectivity index (χ0n) is 14.3. The second-order valence-electron chi connectivity index (χ2n) is 5.69. The molecule has 142 valence electrons. The lowest BCUT2D eigenvalue weighted by Crippen LogP contribution is -2.19. The van der Waals surface area contributed by atoms with Crippen molar-refractivity contribution in [2.75, 3.05) is 0 Å². The van der Waals surface area contributed by atoms with Crippen molar-refractivity contribution in [1.29, 1.82) is 0 Å². The number of carbonyl (C=O) groups is 1. The number of aromatic nitrogens is 2. The summed E-state index contributed by atoms with van der Waals surface area (Å²) in [6.45, 7) is 0.264. The minimum absolute atomic E-state index is 0.264. The van der Waals surface area contributed by atoms with Crippen LogP contribution in [0.2, 0.25) is 0 Å². The summed E-state index contributed by atoms with van der Waals surface area (Å²) in [5, 5.41) is 19.0. The molecule has 3 aromatic rings. The van der Waals surface area contributed by atoms with E-state index in [-0.39, 0.29) is 12.2 Å². The van der Waals surface area contributed by atoms with Crippen molar-refractivity contribution in [3.05, 3.63) is 92.0 Å². The Labute approximate surface area is 167 Å². The fraction of sp³-hybridized carbons (Fsp3) is 0.0556. The molecule has 2 aromatic carbocycles. The predicted octanol–water partition coefficient (Wildman–Crippen LogP) is 3.51. The second kappa shape index (κ2) is 8.53. The zero-order valence-corrected chi connectivity index (χ0v) is 15.8. The van der Waals surface area contributed by atoms with Gasteiger partial charge in [-0.1, -0.05) is 40.2 Å². The number of hydrazone groups is 1. The molecule has 1 aromatic heterocycles. The average Bonchev–Trinajstić information content (AvgIpc) is 3.09. The number of nitro groups is 1. The molecular weight excluding hydrogens is 433 g/mol. The third kappa shape index (κ3) is 4.86. The summed E-state index contributed by atoms with van der Waals surface area (Å²) in [5.74, 6) is -1.22. The van der Waals surface area contributed by atoms with Crippen LogP contribution in [0.5, 0.6) is 0 Å². The molecule has 1 N–H and O–H groups in total. The van der Waals surface area contributed by atoms with Gasteiger partial charge in [-0.3, -0.25) is 19.6 Å². The smallest absolute Gasteiger partial charge is 0.265 e. The van der Waals surface area contributed by atoms with Gasteiger partial charge in [-0.2, -0.15) is 10.2 Å². The van der Waals surface area contributed by atoms with Crippen LogP contribution in [-0.2, 0) is 6.54 Å². The molecule has 0 aliphatic carbocycles. The van der Waals surface area contributed by atoms with Crippen molar-refractivity contribution in [3.8, 4) is 0 Å². The third-order valence-electron chi connectivity index (χ3n) is 3.66. The number of hydrogen-bond acceptors (Lipinski definition) is 5. The topological polar surface area (TPSA) is 102 Å². The fourth-order valence-electron chi connectivity index (χ4n) is 2.33. The van der Waals surface area contributed by atoms with Crippen molar-refractivity contribution in [2.45, 2.75) is 6.54 Å². The van der Waals surface area contributed by atoms with E-state index in [9.17, 15) is 19.3 Å². The summed E-state index contributed by atoms with van der Waals surface area (Å²) < 4.78 is 15.1. The van der Waals surface area contributed by atoms with Gasteiger partial charge in [0.1, 0.15) is 12.0 Å². The van der Waals surface area contributed by atoms with Crippen molar-refractivity contribution >= 4 is 33.7 Å². The highest BCUT2D eigenvalue weighted by Gasteiger charge is 2.25. The summed E-state index contributed by atoms with van der Waals surface area (Å²) in [6, 6.07) is 12.8. The lowest BCUT2D eigenvalue weighted by atomic mass is 10.2. The number of carbonyl (C=O) groups excluding carboxylic acids is 1. The van der Waals surface area contributed by atoms with Gasteiger partial charge in [0.15, 0.2) is 0 Å². The molecule has 0 fully saturated rings. The predicted molar refractivity (Wildman–Crippen MR) is 104 cm³/mol. The van der Waals surface area contributed by atoms with Crippen LogP contribution in [0.15, 0.2) is 64.3 Å². The molecule has 28 heavy (non-hydrogen) atoms. The first-order chi connectivity index (χ1) is 13.4. The average molecular weight is 446 g/mol. The summed E-state index contributed by atoms with van der Waals surface area (Å²) in [7, 11) is 0. The molecule has 10 heteroatoms. The molecule has 1 heterocycles. The van der Waals surface area contributed by atoms with Crippen LogP contribution in [0.4, 0.5) is 10.1 Å². The second-order valence-corrected chi connectivity index (χ2v) is 6.61. The van der Waals surface area contributed by atoms with Crippen molar-refractivity contribution < 1.29 is 14.1 Å². The first-order valence-electron chi connectivity index (χ1n) is 7.97. The molecule has 3 rings (SSSR count). The maximum absolute atomic E-state index is 12.9. The molecule has 0 radical (unpaired) electrons. The molecule has 0 spiro atoms. The Balaban J connectivity index is 1.74. The van der Waals surface area contributed by atoms with Crippen LogP contribution in [0.3, 0.4) is 0 Å². The van der Waals surface area contributed by atoms with Crippen LogP contribution in [0.1, 0.15) is 21.6 Å². The van der Waals surface area contributed by atoms with Gasteiger partial charge >= 0.3 is 5.69 Å². The first kappa shape index (κ1) is 19.4. The quantitative estimate of drug-likeness (QED) is 0.356. The number of nitrogens with one attached hydrogen (secondary N) is 1. The van der Waals surface area contributed by atoms with Crippen molar-refractivity contribution in [2.24, 2.45) is 5.10 Å². The maximum atomic E-state index is 12.9. The SMILES string of the molecule is O=C(NN=Cc1ccc(F)cc1)c1nn(Cc2ccc(Br)cc2)cc1[N+](=O)[O-]. The highest BCUT2D eigenvalue weighted by Crippen LogP contribution is 2.18. The van der Waals surface area contributed by atoms with Gasteiger partial charge in [0.05, 0.1) is 17.7 Å². The Hall–Kier alpha value is -3.40. The minimum Gasteiger partial charge on any atom is -0.265 e. The van der Waals surface area contributed by atoms with Crippen LogP contribution in [0, 0.1) is 15.9 Å². The molecule has 1 amide bonds. The molecule has 0 saturated carbocycles. The van der Waals surface area contributed by atoms with Gasteiger partial charge in [0.2, 0.25) is 5.69 Å². The summed E-state index contributed by atoms with van der Waals surface area (Å²) in [4.78, 5) is 22.8. The van der Waals surface area contributed by atoms with Crippen LogP contribution in [-0.4, -0.2) is 26.8 Å². The molecule has 0 atom stereocenters.